The lowest BCUT2D eigenvalue weighted by molar-refractivity contribution is 0.0771. The molecule has 8 nitrogen and oxygen atoms in total. The molecule has 0 bridgehead atoms. The average molecular weight is 449 g/mol. The van der Waals surface area contributed by atoms with Gasteiger partial charge in [0.05, 0.1) is 12.0 Å². The largest absolute Gasteiger partial charge is 0.497 e. The summed E-state index contributed by atoms with van der Waals surface area (Å²) in [6.45, 7) is 4.90. The minimum Gasteiger partial charge on any atom is -0.497 e. The van der Waals surface area contributed by atoms with Crippen molar-refractivity contribution < 1.29 is 9.53 Å². The molecule has 0 N–H and O–H groups in total. The van der Waals surface area contributed by atoms with E-state index in [2.05, 4.69) is 20.0 Å². The standard InChI is InChI=1S/C23H24N6O2S/c1-16-8-13-32-20(16)22(30)28-10-3-9-27(11-12-28)21-19(14-24-23-25-15-26-29(21)23)17-4-6-18(31-2)7-5-17/h4-8,13-15H,3,9-12H2,1-2H3. The van der Waals surface area contributed by atoms with Crippen molar-refractivity contribution in [2.24, 2.45) is 0 Å². The van der Waals surface area contributed by atoms with Crippen molar-refractivity contribution in [1.82, 2.24) is 24.5 Å². The van der Waals surface area contributed by atoms with E-state index in [0.717, 1.165) is 52.6 Å². The fourth-order valence-corrected chi connectivity index (χ4v) is 5.01. The van der Waals surface area contributed by atoms with Crippen molar-refractivity contribution in [2.75, 3.05) is 38.2 Å². The van der Waals surface area contributed by atoms with Gasteiger partial charge < -0.3 is 14.5 Å². The van der Waals surface area contributed by atoms with Crippen molar-refractivity contribution in [3.63, 3.8) is 0 Å². The molecule has 164 valence electrons. The molecule has 1 aromatic carbocycles. The number of aromatic nitrogens is 4. The van der Waals surface area contributed by atoms with Gasteiger partial charge in [0, 0.05) is 37.9 Å². The van der Waals surface area contributed by atoms with Crippen LogP contribution in [0.1, 0.15) is 21.7 Å². The van der Waals surface area contributed by atoms with Gasteiger partial charge in [-0.1, -0.05) is 12.1 Å². The number of benzene rings is 1. The van der Waals surface area contributed by atoms with E-state index in [9.17, 15) is 4.79 Å². The molecule has 0 radical (unpaired) electrons. The van der Waals surface area contributed by atoms with Crippen molar-refractivity contribution in [3.05, 3.63) is 58.7 Å². The van der Waals surface area contributed by atoms with Gasteiger partial charge in [0.2, 0.25) is 0 Å². The van der Waals surface area contributed by atoms with Gasteiger partial charge in [-0.2, -0.15) is 14.6 Å². The highest BCUT2D eigenvalue weighted by atomic mass is 32.1. The highest BCUT2D eigenvalue weighted by molar-refractivity contribution is 7.12. The summed E-state index contributed by atoms with van der Waals surface area (Å²) in [5.74, 6) is 2.43. The molecule has 0 unspecified atom stereocenters. The normalized spacial score (nSPS) is 14.6. The van der Waals surface area contributed by atoms with Crippen LogP contribution in [0.4, 0.5) is 5.82 Å². The molecule has 1 aliphatic heterocycles. The van der Waals surface area contributed by atoms with Crippen molar-refractivity contribution in [2.45, 2.75) is 13.3 Å². The Kier molecular flexibility index (Phi) is 5.48. The zero-order chi connectivity index (χ0) is 22.1. The monoisotopic (exact) mass is 448 g/mol. The number of nitrogens with zero attached hydrogens (tertiary/aromatic N) is 6. The van der Waals surface area contributed by atoms with Crippen LogP contribution in [0, 0.1) is 6.92 Å². The Labute approximate surface area is 190 Å². The molecule has 5 rings (SSSR count). The Morgan fingerprint density at radius 1 is 1.06 bits per heavy atom. The molecule has 0 spiro atoms. The molecule has 32 heavy (non-hydrogen) atoms. The third kappa shape index (κ3) is 3.69. The number of hydrogen-bond acceptors (Lipinski definition) is 7. The predicted molar refractivity (Wildman–Crippen MR) is 125 cm³/mol. The molecule has 1 fully saturated rings. The summed E-state index contributed by atoms with van der Waals surface area (Å²) in [6, 6.07) is 9.93. The SMILES string of the molecule is COc1ccc(-c2cnc3ncnn3c2N2CCCN(C(=O)c3sccc3C)CC2)cc1. The summed E-state index contributed by atoms with van der Waals surface area (Å²) in [4.78, 5) is 26.9. The highest BCUT2D eigenvalue weighted by Crippen LogP contribution is 2.32. The molecular formula is C23H24N6O2S. The summed E-state index contributed by atoms with van der Waals surface area (Å²) >= 11 is 1.52. The van der Waals surface area contributed by atoms with Crippen LogP contribution in [0.2, 0.25) is 0 Å². The van der Waals surface area contributed by atoms with Crippen LogP contribution >= 0.6 is 11.3 Å². The van der Waals surface area contributed by atoms with E-state index in [-0.39, 0.29) is 5.91 Å². The number of carbonyl (C=O) groups is 1. The Bertz CT molecular complexity index is 1250. The maximum atomic E-state index is 13.1. The average Bonchev–Trinajstić information content (AvgIpc) is 3.40. The van der Waals surface area contributed by atoms with Crippen molar-refractivity contribution in [1.29, 1.82) is 0 Å². The third-order valence-electron chi connectivity index (χ3n) is 5.82. The van der Waals surface area contributed by atoms with Crippen LogP contribution in [-0.4, -0.2) is 63.7 Å². The van der Waals surface area contributed by atoms with E-state index in [1.54, 1.807) is 11.6 Å². The second kappa shape index (κ2) is 8.58. The fraction of sp³-hybridized carbons (Fsp3) is 0.304. The van der Waals surface area contributed by atoms with E-state index in [4.69, 9.17) is 4.74 Å². The van der Waals surface area contributed by atoms with E-state index < -0.39 is 0 Å². The Balaban J connectivity index is 1.48. The van der Waals surface area contributed by atoms with Crippen molar-refractivity contribution >= 4 is 28.8 Å². The molecule has 0 aliphatic carbocycles. The lowest BCUT2D eigenvalue weighted by Gasteiger charge is -2.26. The number of rotatable bonds is 4. The third-order valence-corrected chi connectivity index (χ3v) is 6.82. The number of fused-ring (bicyclic) bond motifs is 1. The van der Waals surface area contributed by atoms with Crippen LogP contribution in [0.5, 0.6) is 5.75 Å². The maximum absolute atomic E-state index is 13.1. The van der Waals surface area contributed by atoms with Gasteiger partial charge >= 0.3 is 0 Å². The van der Waals surface area contributed by atoms with Crippen LogP contribution in [0.3, 0.4) is 0 Å². The van der Waals surface area contributed by atoms with Crippen LogP contribution in [-0.2, 0) is 0 Å². The van der Waals surface area contributed by atoms with Crippen LogP contribution in [0.15, 0.2) is 48.2 Å². The molecule has 4 heterocycles. The number of carbonyl (C=O) groups excluding carboxylic acids is 1. The predicted octanol–water partition coefficient (Wildman–Crippen LogP) is 3.52. The van der Waals surface area contributed by atoms with Gasteiger partial charge in [0.25, 0.3) is 11.7 Å². The molecule has 0 atom stereocenters. The Morgan fingerprint density at radius 3 is 2.66 bits per heavy atom. The van der Waals surface area contributed by atoms with Crippen molar-refractivity contribution in [3.8, 4) is 16.9 Å². The lowest BCUT2D eigenvalue weighted by atomic mass is 10.1. The van der Waals surface area contributed by atoms with Gasteiger partial charge in [-0.3, -0.25) is 4.79 Å². The van der Waals surface area contributed by atoms with E-state index in [0.29, 0.717) is 18.9 Å². The minimum atomic E-state index is 0.121. The van der Waals surface area contributed by atoms with E-state index in [1.807, 2.05) is 53.7 Å². The summed E-state index contributed by atoms with van der Waals surface area (Å²) < 4.78 is 7.10. The molecule has 0 saturated carbocycles. The summed E-state index contributed by atoms with van der Waals surface area (Å²) in [5.41, 5.74) is 3.04. The first-order valence-electron chi connectivity index (χ1n) is 10.6. The van der Waals surface area contributed by atoms with Gasteiger partial charge in [0.1, 0.15) is 17.9 Å². The number of methoxy groups -OCH3 is 1. The molecule has 3 aromatic heterocycles. The first kappa shape index (κ1) is 20.4. The van der Waals surface area contributed by atoms with Crippen LogP contribution < -0.4 is 9.64 Å². The maximum Gasteiger partial charge on any atom is 0.264 e. The zero-order valence-corrected chi connectivity index (χ0v) is 18.9. The van der Waals surface area contributed by atoms with E-state index >= 15 is 0 Å². The summed E-state index contributed by atoms with van der Waals surface area (Å²) in [7, 11) is 1.66. The Hall–Kier alpha value is -3.46. The second-order valence-corrected chi connectivity index (χ2v) is 8.68. The number of amides is 1. The number of thiophene rings is 1. The van der Waals surface area contributed by atoms with Gasteiger partial charge in [-0.25, -0.2) is 4.98 Å². The lowest BCUT2D eigenvalue weighted by Crippen LogP contribution is -2.35. The minimum absolute atomic E-state index is 0.121. The Morgan fingerprint density at radius 2 is 1.91 bits per heavy atom. The van der Waals surface area contributed by atoms with Gasteiger partial charge in [-0.05, 0) is 48.1 Å². The first-order chi connectivity index (χ1) is 15.7. The van der Waals surface area contributed by atoms with Gasteiger partial charge in [0.15, 0.2) is 0 Å². The molecule has 1 aliphatic rings. The topological polar surface area (TPSA) is 75.9 Å². The first-order valence-corrected chi connectivity index (χ1v) is 11.4. The summed E-state index contributed by atoms with van der Waals surface area (Å²) in [5, 5.41) is 6.43. The van der Waals surface area contributed by atoms with Gasteiger partial charge in [-0.15, -0.1) is 11.3 Å². The second-order valence-electron chi connectivity index (χ2n) is 7.76. The zero-order valence-electron chi connectivity index (χ0n) is 18.1. The smallest absolute Gasteiger partial charge is 0.264 e. The summed E-state index contributed by atoms with van der Waals surface area (Å²) in [6.07, 6.45) is 4.25. The number of ether oxygens (including phenoxy) is 1. The molecule has 1 amide bonds. The number of anilines is 1. The molecule has 4 aromatic rings. The fourth-order valence-electron chi connectivity index (χ4n) is 4.11. The molecule has 9 heteroatoms. The number of hydrogen-bond donors (Lipinski definition) is 0. The quantitative estimate of drug-likeness (QED) is 0.476. The molecular weight excluding hydrogens is 424 g/mol. The molecule has 1 saturated heterocycles. The van der Waals surface area contributed by atoms with Crippen LogP contribution in [0.25, 0.3) is 16.9 Å². The highest BCUT2D eigenvalue weighted by Gasteiger charge is 2.25. The van der Waals surface area contributed by atoms with E-state index in [1.165, 1.54) is 17.7 Å². The number of aryl methyl sites for hydroxylation is 1.